The third-order valence-corrected chi connectivity index (χ3v) is 10.6. The van der Waals surface area contributed by atoms with Gasteiger partial charge in [0.1, 0.15) is 30.3 Å². The molecule has 2 heterocycles. The van der Waals surface area contributed by atoms with Crippen LogP contribution >= 0.6 is 0 Å². The molecule has 4 unspecified atom stereocenters. The van der Waals surface area contributed by atoms with E-state index in [0.717, 1.165) is 19.3 Å². The van der Waals surface area contributed by atoms with Crippen LogP contribution in [0.4, 0.5) is 0 Å². The Morgan fingerprint density at radius 3 is 2.08 bits per heavy atom. The SMILES string of the molecule is CCCCC(C)CC(C)C(=O)N(C)[C@@H](CC(C)C)C(=O)N[C@H](C(=O)N(C)[C@H](C(=O)N1CCC[C@H]1C(=O)N1C(=O)CCC1C)C(C)C)C(C)OC(C)=O. The average molecular weight is 734 g/mol. The molecule has 0 spiro atoms. The second kappa shape index (κ2) is 20.1. The van der Waals surface area contributed by atoms with Crippen LogP contribution in [0.15, 0.2) is 0 Å². The zero-order valence-corrected chi connectivity index (χ0v) is 33.9. The maximum atomic E-state index is 14.4. The maximum Gasteiger partial charge on any atom is 0.302 e. The summed E-state index contributed by atoms with van der Waals surface area (Å²) in [6.07, 6.45) is 4.93. The Bertz CT molecular complexity index is 1290. The number of carbonyl (C=O) groups excluding carboxylic acids is 7. The molecule has 2 aliphatic rings. The molecule has 13 nitrogen and oxygen atoms in total. The number of amides is 6. The molecular weight excluding hydrogens is 666 g/mol. The quantitative estimate of drug-likeness (QED) is 0.163. The van der Waals surface area contributed by atoms with E-state index in [0.29, 0.717) is 44.6 Å². The van der Waals surface area contributed by atoms with E-state index in [4.69, 9.17) is 4.74 Å². The number of hydrogen-bond donors (Lipinski definition) is 1. The van der Waals surface area contributed by atoms with Crippen molar-refractivity contribution >= 4 is 41.4 Å². The van der Waals surface area contributed by atoms with Crippen LogP contribution in [0, 0.1) is 23.7 Å². The summed E-state index contributed by atoms with van der Waals surface area (Å²) in [4.78, 5) is 100. The number of hydrogen-bond acceptors (Lipinski definition) is 8. The maximum absolute atomic E-state index is 14.4. The lowest BCUT2D eigenvalue weighted by atomic mass is 9.91. The first-order valence-corrected chi connectivity index (χ1v) is 19.4. The van der Waals surface area contributed by atoms with Crippen LogP contribution in [-0.4, -0.2) is 118 Å². The van der Waals surface area contributed by atoms with Gasteiger partial charge in [-0.15, -0.1) is 0 Å². The smallest absolute Gasteiger partial charge is 0.302 e. The largest absolute Gasteiger partial charge is 0.460 e. The highest BCUT2D eigenvalue weighted by Gasteiger charge is 2.46. The van der Waals surface area contributed by atoms with E-state index in [1.807, 2.05) is 27.7 Å². The minimum absolute atomic E-state index is 0.0328. The summed E-state index contributed by atoms with van der Waals surface area (Å²) in [6.45, 7) is 18.4. The fourth-order valence-electron chi connectivity index (χ4n) is 7.76. The van der Waals surface area contributed by atoms with Crippen LogP contribution in [0.5, 0.6) is 0 Å². The Morgan fingerprint density at radius 2 is 1.56 bits per heavy atom. The van der Waals surface area contributed by atoms with Gasteiger partial charge >= 0.3 is 5.97 Å². The van der Waals surface area contributed by atoms with Gasteiger partial charge in [0.05, 0.1) is 0 Å². The summed E-state index contributed by atoms with van der Waals surface area (Å²) in [7, 11) is 3.07. The molecule has 1 N–H and O–H groups in total. The molecule has 0 aromatic rings. The molecule has 0 radical (unpaired) electrons. The van der Waals surface area contributed by atoms with Crippen molar-refractivity contribution in [2.45, 2.75) is 163 Å². The lowest BCUT2D eigenvalue weighted by Crippen LogP contribution is -2.62. The molecule has 296 valence electrons. The minimum atomic E-state index is -1.38. The lowest BCUT2D eigenvalue weighted by Gasteiger charge is -2.38. The van der Waals surface area contributed by atoms with E-state index in [-0.39, 0.29) is 36.1 Å². The predicted molar refractivity (Wildman–Crippen MR) is 198 cm³/mol. The Kier molecular flexibility index (Phi) is 17.2. The van der Waals surface area contributed by atoms with E-state index < -0.39 is 65.8 Å². The first kappa shape index (κ1) is 44.7. The second-order valence-corrected chi connectivity index (χ2v) is 16.1. The van der Waals surface area contributed by atoms with E-state index in [9.17, 15) is 33.6 Å². The molecular formula is C39H67N5O8. The summed E-state index contributed by atoms with van der Waals surface area (Å²) in [6, 6.07) is -4.37. The molecule has 2 saturated heterocycles. The molecule has 2 fully saturated rings. The molecule has 0 aliphatic carbocycles. The van der Waals surface area contributed by atoms with Gasteiger partial charge in [0.2, 0.25) is 29.5 Å². The van der Waals surface area contributed by atoms with Crippen molar-refractivity contribution in [3.8, 4) is 0 Å². The van der Waals surface area contributed by atoms with Crippen molar-refractivity contribution in [3.05, 3.63) is 0 Å². The Morgan fingerprint density at radius 1 is 0.923 bits per heavy atom. The van der Waals surface area contributed by atoms with Crippen molar-refractivity contribution in [3.63, 3.8) is 0 Å². The molecule has 0 aromatic heterocycles. The molecule has 0 saturated carbocycles. The molecule has 0 bridgehead atoms. The van der Waals surface area contributed by atoms with E-state index in [1.165, 1.54) is 40.5 Å². The van der Waals surface area contributed by atoms with Crippen LogP contribution in [0.1, 0.15) is 127 Å². The fraction of sp³-hybridized carbons (Fsp3) is 0.821. The summed E-state index contributed by atoms with van der Waals surface area (Å²) in [5.74, 6) is -3.45. The van der Waals surface area contributed by atoms with E-state index in [2.05, 4.69) is 19.2 Å². The highest BCUT2D eigenvalue weighted by atomic mass is 16.5. The van der Waals surface area contributed by atoms with Crippen LogP contribution in [-0.2, 0) is 38.3 Å². The van der Waals surface area contributed by atoms with Gasteiger partial charge in [-0.2, -0.15) is 0 Å². The van der Waals surface area contributed by atoms with Gasteiger partial charge in [-0.1, -0.05) is 67.7 Å². The third-order valence-electron chi connectivity index (χ3n) is 10.6. The average Bonchev–Trinajstić information content (AvgIpc) is 3.69. The predicted octanol–water partition coefficient (Wildman–Crippen LogP) is 4.16. The third kappa shape index (κ3) is 11.5. The summed E-state index contributed by atoms with van der Waals surface area (Å²) in [5, 5.41) is 2.80. The fourth-order valence-corrected chi connectivity index (χ4v) is 7.76. The molecule has 0 aromatic carbocycles. The van der Waals surface area contributed by atoms with Crippen molar-refractivity contribution < 1.29 is 38.3 Å². The first-order chi connectivity index (χ1) is 24.2. The number of nitrogens with zero attached hydrogens (tertiary/aromatic N) is 4. The number of carbonyl (C=O) groups is 7. The number of likely N-dealkylation sites (N-methyl/N-ethyl adjacent to an activating group) is 2. The van der Waals surface area contributed by atoms with Crippen LogP contribution in [0.25, 0.3) is 0 Å². The van der Waals surface area contributed by atoms with Gasteiger partial charge in [-0.25, -0.2) is 0 Å². The molecule has 2 rings (SSSR count). The van der Waals surface area contributed by atoms with E-state index in [1.54, 1.807) is 20.9 Å². The molecule has 6 amide bonds. The molecule has 13 heteroatoms. The zero-order chi connectivity index (χ0) is 39.6. The number of rotatable bonds is 18. The zero-order valence-electron chi connectivity index (χ0n) is 33.9. The van der Waals surface area contributed by atoms with Gasteiger partial charge in [0.25, 0.3) is 5.91 Å². The number of unbranched alkanes of at least 4 members (excludes halogenated alkanes) is 1. The van der Waals surface area contributed by atoms with Gasteiger partial charge in [-0.3, -0.25) is 38.5 Å². The Hall–Kier alpha value is -3.51. The van der Waals surface area contributed by atoms with Crippen LogP contribution in [0.3, 0.4) is 0 Å². The highest BCUT2D eigenvalue weighted by molar-refractivity contribution is 6.02. The first-order valence-electron chi connectivity index (χ1n) is 19.4. The number of nitrogens with one attached hydrogen (secondary N) is 1. The van der Waals surface area contributed by atoms with Crippen molar-refractivity contribution in [2.24, 2.45) is 23.7 Å². The van der Waals surface area contributed by atoms with Crippen LogP contribution < -0.4 is 5.32 Å². The molecule has 52 heavy (non-hydrogen) atoms. The standard InChI is InChI=1S/C39H67N5O8/c1-13-14-16-25(6)22-26(7)36(48)41(11)31(21-23(2)3)35(47)40-33(28(9)52-29(10)45)38(50)42(12)34(24(4)5)39(51)43-20-15-17-30(43)37(49)44-27(8)18-19-32(44)46/h23-28,30-31,33-34H,13-22H2,1-12H3,(H,40,47)/t25?,26?,27?,28?,30-,31-,33-,34-/m0/s1. The van der Waals surface area contributed by atoms with Crippen molar-refractivity contribution in [1.82, 2.24) is 24.9 Å². The number of likely N-dealkylation sites (tertiary alicyclic amines) is 2. The van der Waals surface area contributed by atoms with E-state index >= 15 is 0 Å². The Balaban J connectivity index is 2.38. The molecule has 8 atom stereocenters. The van der Waals surface area contributed by atoms with Gasteiger partial charge < -0.3 is 24.8 Å². The normalized spacial score (nSPS) is 21.0. The second-order valence-electron chi connectivity index (χ2n) is 16.1. The summed E-state index contributed by atoms with van der Waals surface area (Å²) < 4.78 is 5.43. The van der Waals surface area contributed by atoms with Gasteiger partial charge in [-0.05, 0) is 63.7 Å². The van der Waals surface area contributed by atoms with Crippen LogP contribution in [0.2, 0.25) is 0 Å². The van der Waals surface area contributed by atoms with Crippen molar-refractivity contribution in [2.75, 3.05) is 20.6 Å². The summed E-state index contributed by atoms with van der Waals surface area (Å²) >= 11 is 0. The van der Waals surface area contributed by atoms with Gasteiger partial charge in [0.15, 0.2) is 0 Å². The lowest BCUT2D eigenvalue weighted by molar-refractivity contribution is -0.157. The Labute approximate surface area is 311 Å². The molecule has 2 aliphatic heterocycles. The number of ether oxygens (including phenoxy) is 1. The summed E-state index contributed by atoms with van der Waals surface area (Å²) in [5.41, 5.74) is 0. The number of imide groups is 1. The monoisotopic (exact) mass is 733 g/mol. The van der Waals surface area contributed by atoms with Gasteiger partial charge in [0, 0.05) is 45.9 Å². The minimum Gasteiger partial charge on any atom is -0.460 e. The van der Waals surface area contributed by atoms with Crippen molar-refractivity contribution in [1.29, 1.82) is 0 Å². The topological polar surface area (TPSA) is 154 Å². The highest BCUT2D eigenvalue weighted by Crippen LogP contribution is 2.28. The number of esters is 1.